The van der Waals surface area contributed by atoms with Gasteiger partial charge in [-0.25, -0.2) is 4.98 Å². The average Bonchev–Trinajstić information content (AvgIpc) is 2.67. The molecule has 2 heterocycles. The number of anilines is 3. The highest BCUT2D eigenvalue weighted by Crippen LogP contribution is 2.29. The van der Waals surface area contributed by atoms with Crippen LogP contribution in [0.2, 0.25) is 0 Å². The molecule has 1 saturated heterocycles. The Kier molecular flexibility index (Phi) is 4.92. The lowest BCUT2D eigenvalue weighted by atomic mass is 10.1. The molecule has 1 fully saturated rings. The molecule has 24 heavy (non-hydrogen) atoms. The molecular weight excluding hydrogens is 302 g/mol. The van der Waals surface area contributed by atoms with Crippen LogP contribution in [0.25, 0.3) is 0 Å². The monoisotopic (exact) mass is 323 g/mol. The first-order valence-electron chi connectivity index (χ1n) is 8.17. The quantitative estimate of drug-likeness (QED) is 0.861. The number of nitrogens with zero attached hydrogens (tertiary/aromatic N) is 5. The van der Waals surface area contributed by atoms with Crippen LogP contribution in [0.1, 0.15) is 18.2 Å². The fraction of sp³-hybridized carbons (Fsp3) is 0.389. The number of rotatable bonds is 4. The van der Waals surface area contributed by atoms with E-state index in [-0.39, 0.29) is 0 Å². The highest BCUT2D eigenvalue weighted by atomic mass is 16.5. The van der Waals surface area contributed by atoms with Crippen LogP contribution >= 0.6 is 0 Å². The van der Waals surface area contributed by atoms with Crippen LogP contribution in [0.4, 0.5) is 17.5 Å². The number of aromatic nitrogens is 2. The van der Waals surface area contributed by atoms with E-state index in [0.29, 0.717) is 31.3 Å². The second-order valence-corrected chi connectivity index (χ2v) is 5.63. The lowest BCUT2D eigenvalue weighted by Gasteiger charge is -2.29. The minimum atomic E-state index is 0.451. The number of ether oxygens (including phenoxy) is 1. The molecule has 0 amide bonds. The normalized spacial score (nSPS) is 14.3. The Morgan fingerprint density at radius 3 is 2.54 bits per heavy atom. The lowest BCUT2D eigenvalue weighted by molar-refractivity contribution is 0.122. The Balaban J connectivity index is 2.07. The van der Waals surface area contributed by atoms with Crippen LogP contribution in [0.5, 0.6) is 0 Å². The van der Waals surface area contributed by atoms with Crippen molar-refractivity contribution in [1.29, 1.82) is 5.26 Å². The average molecular weight is 323 g/mol. The Labute approximate surface area is 142 Å². The van der Waals surface area contributed by atoms with Crippen molar-refractivity contribution in [2.45, 2.75) is 13.3 Å². The second-order valence-electron chi connectivity index (χ2n) is 5.63. The number of morpholine rings is 1. The maximum atomic E-state index is 9.55. The summed E-state index contributed by atoms with van der Waals surface area (Å²) in [6.07, 6.45) is 0.707. The van der Waals surface area contributed by atoms with Gasteiger partial charge in [0, 0.05) is 31.4 Å². The van der Waals surface area contributed by atoms with Gasteiger partial charge in [-0.15, -0.1) is 0 Å². The fourth-order valence-electron chi connectivity index (χ4n) is 2.83. The van der Waals surface area contributed by atoms with E-state index in [0.717, 1.165) is 30.2 Å². The molecule has 6 heteroatoms. The van der Waals surface area contributed by atoms with Crippen LogP contribution in [0.3, 0.4) is 0 Å². The Morgan fingerprint density at radius 1 is 1.21 bits per heavy atom. The Morgan fingerprint density at radius 2 is 1.92 bits per heavy atom. The SMILES string of the molecule is CCc1c(C#N)nc(N2CCOCC2)nc1N(C)c1ccccc1. The van der Waals surface area contributed by atoms with Gasteiger partial charge in [-0.2, -0.15) is 10.2 Å². The van der Waals surface area contributed by atoms with E-state index in [1.807, 2.05) is 49.2 Å². The van der Waals surface area contributed by atoms with Gasteiger partial charge >= 0.3 is 0 Å². The summed E-state index contributed by atoms with van der Waals surface area (Å²) in [7, 11) is 1.97. The van der Waals surface area contributed by atoms with Gasteiger partial charge in [0.15, 0.2) is 5.69 Å². The first-order valence-corrected chi connectivity index (χ1v) is 8.17. The van der Waals surface area contributed by atoms with Gasteiger partial charge in [0.05, 0.1) is 13.2 Å². The van der Waals surface area contributed by atoms with E-state index in [1.54, 1.807) is 0 Å². The molecule has 1 aromatic heterocycles. The molecule has 0 unspecified atom stereocenters. The third-order valence-corrected chi connectivity index (χ3v) is 4.19. The van der Waals surface area contributed by atoms with Crippen molar-refractivity contribution in [3.63, 3.8) is 0 Å². The van der Waals surface area contributed by atoms with E-state index in [2.05, 4.69) is 16.0 Å². The molecule has 0 radical (unpaired) electrons. The van der Waals surface area contributed by atoms with Crippen molar-refractivity contribution in [3.05, 3.63) is 41.6 Å². The third-order valence-electron chi connectivity index (χ3n) is 4.19. The van der Waals surface area contributed by atoms with E-state index < -0.39 is 0 Å². The molecule has 0 spiro atoms. The fourth-order valence-corrected chi connectivity index (χ4v) is 2.83. The van der Waals surface area contributed by atoms with Crippen molar-refractivity contribution in [2.75, 3.05) is 43.2 Å². The Bertz CT molecular complexity index is 735. The summed E-state index contributed by atoms with van der Waals surface area (Å²) in [5, 5.41) is 9.55. The largest absolute Gasteiger partial charge is 0.378 e. The Hall–Kier alpha value is -2.65. The number of benzene rings is 1. The highest BCUT2D eigenvalue weighted by Gasteiger charge is 2.21. The van der Waals surface area contributed by atoms with E-state index in [9.17, 15) is 5.26 Å². The van der Waals surface area contributed by atoms with E-state index in [1.165, 1.54) is 0 Å². The molecule has 1 aliphatic heterocycles. The zero-order valence-corrected chi connectivity index (χ0v) is 14.1. The predicted octanol–water partition coefficient (Wildman–Crippen LogP) is 2.52. The molecule has 1 aromatic carbocycles. The molecule has 3 rings (SSSR count). The predicted molar refractivity (Wildman–Crippen MR) is 93.7 cm³/mol. The topological polar surface area (TPSA) is 65.3 Å². The highest BCUT2D eigenvalue weighted by molar-refractivity contribution is 5.65. The van der Waals surface area contributed by atoms with Gasteiger partial charge in [0.1, 0.15) is 11.9 Å². The van der Waals surface area contributed by atoms with Gasteiger partial charge in [-0.1, -0.05) is 25.1 Å². The molecule has 2 aromatic rings. The van der Waals surface area contributed by atoms with Gasteiger partial charge in [-0.05, 0) is 18.6 Å². The first-order chi connectivity index (χ1) is 11.7. The zero-order valence-electron chi connectivity index (χ0n) is 14.1. The van der Waals surface area contributed by atoms with Gasteiger partial charge < -0.3 is 14.5 Å². The summed E-state index contributed by atoms with van der Waals surface area (Å²) in [5.41, 5.74) is 2.36. The van der Waals surface area contributed by atoms with Crippen LogP contribution < -0.4 is 9.80 Å². The summed E-state index contributed by atoms with van der Waals surface area (Å²) in [5.74, 6) is 1.39. The third kappa shape index (κ3) is 3.17. The second kappa shape index (κ2) is 7.28. The molecular formula is C18H21N5O. The number of nitriles is 1. The molecule has 0 bridgehead atoms. The summed E-state index contributed by atoms with van der Waals surface area (Å²) in [6, 6.07) is 12.3. The lowest BCUT2D eigenvalue weighted by Crippen LogP contribution is -2.37. The van der Waals surface area contributed by atoms with Crippen LogP contribution in [-0.4, -0.2) is 43.3 Å². The minimum Gasteiger partial charge on any atom is -0.378 e. The van der Waals surface area contributed by atoms with Crippen molar-refractivity contribution < 1.29 is 4.74 Å². The van der Waals surface area contributed by atoms with Crippen LogP contribution in [0, 0.1) is 11.3 Å². The van der Waals surface area contributed by atoms with Crippen molar-refractivity contribution >= 4 is 17.5 Å². The van der Waals surface area contributed by atoms with Crippen molar-refractivity contribution in [1.82, 2.24) is 9.97 Å². The first kappa shape index (κ1) is 16.2. The molecule has 6 nitrogen and oxygen atoms in total. The molecule has 0 aliphatic carbocycles. The van der Waals surface area contributed by atoms with Gasteiger partial charge in [0.25, 0.3) is 0 Å². The molecule has 0 saturated carbocycles. The minimum absolute atomic E-state index is 0.451. The maximum Gasteiger partial charge on any atom is 0.228 e. The van der Waals surface area contributed by atoms with E-state index in [4.69, 9.17) is 9.72 Å². The molecule has 0 atom stereocenters. The van der Waals surface area contributed by atoms with Crippen molar-refractivity contribution in [3.8, 4) is 6.07 Å². The van der Waals surface area contributed by atoms with Crippen LogP contribution in [0.15, 0.2) is 30.3 Å². The number of para-hydroxylation sites is 1. The molecule has 0 N–H and O–H groups in total. The summed E-state index contributed by atoms with van der Waals surface area (Å²) >= 11 is 0. The van der Waals surface area contributed by atoms with Crippen molar-refractivity contribution in [2.24, 2.45) is 0 Å². The van der Waals surface area contributed by atoms with Gasteiger partial charge in [0.2, 0.25) is 5.95 Å². The number of hydrogen-bond donors (Lipinski definition) is 0. The van der Waals surface area contributed by atoms with Gasteiger partial charge in [-0.3, -0.25) is 0 Å². The summed E-state index contributed by atoms with van der Waals surface area (Å²) < 4.78 is 5.40. The van der Waals surface area contributed by atoms with Crippen LogP contribution in [-0.2, 0) is 11.2 Å². The molecule has 1 aliphatic rings. The zero-order chi connectivity index (χ0) is 16.9. The summed E-state index contributed by atoms with van der Waals surface area (Å²) in [6.45, 7) is 4.82. The molecule has 124 valence electrons. The maximum absolute atomic E-state index is 9.55. The number of hydrogen-bond acceptors (Lipinski definition) is 6. The van der Waals surface area contributed by atoms with E-state index >= 15 is 0 Å². The smallest absolute Gasteiger partial charge is 0.228 e. The summed E-state index contributed by atoms with van der Waals surface area (Å²) in [4.78, 5) is 13.4. The standard InChI is InChI=1S/C18H21N5O/c1-3-15-16(13-19)20-18(23-9-11-24-12-10-23)21-17(15)22(2)14-7-5-4-6-8-14/h4-8H,3,9-12H2,1-2H3.